The van der Waals surface area contributed by atoms with Crippen molar-refractivity contribution in [1.29, 1.82) is 5.26 Å². The van der Waals surface area contributed by atoms with E-state index >= 15 is 0 Å². The molecule has 3 rings (SSSR count). The van der Waals surface area contributed by atoms with E-state index < -0.39 is 0 Å². The molecule has 0 atom stereocenters. The molecule has 0 fully saturated rings. The van der Waals surface area contributed by atoms with Crippen molar-refractivity contribution in [3.8, 4) is 23.1 Å². The number of halogens is 3. The van der Waals surface area contributed by atoms with Gasteiger partial charge in [-0.05, 0) is 36.4 Å². The highest BCUT2D eigenvalue weighted by Crippen LogP contribution is 2.37. The minimum atomic E-state index is -0.376. The largest absolute Gasteiger partial charge is 0.489 e. The summed E-state index contributed by atoms with van der Waals surface area (Å²) in [5.74, 6) is -0.0885. The smallest absolute Gasteiger partial charge is 0.222 e. The van der Waals surface area contributed by atoms with E-state index in [0.29, 0.717) is 21.9 Å². The average molecular weight is 404 g/mol. The monoisotopic (exact) mass is 403 g/mol. The van der Waals surface area contributed by atoms with E-state index in [9.17, 15) is 9.65 Å². The molecule has 27 heavy (non-hydrogen) atoms. The van der Waals surface area contributed by atoms with Crippen LogP contribution in [0.25, 0.3) is 11.3 Å². The lowest BCUT2D eigenvalue weighted by Gasteiger charge is -2.15. The highest BCUT2D eigenvalue weighted by atomic mass is 35.5. The number of hydrogen-bond donors (Lipinski definition) is 2. The Kier molecular flexibility index (Phi) is 5.31. The molecule has 0 spiro atoms. The first kappa shape index (κ1) is 18.7. The Balaban J connectivity index is 2.09. The maximum Gasteiger partial charge on any atom is 0.222 e. The highest BCUT2D eigenvalue weighted by Gasteiger charge is 2.20. The fraction of sp³-hybridized carbons (Fsp3) is 0.0556. The standard InChI is InChI=1S/C18H12Cl2FN5O/c19-10-5-9(8-27-12-3-1-11(21)2-4-12)15(14(20)6-10)16-13(7-22)17(23)26-18(24)25-16/h1-6H,8H2,(H4,23,24,25,26). The maximum atomic E-state index is 13.0. The van der Waals surface area contributed by atoms with Gasteiger partial charge in [0.05, 0.1) is 10.7 Å². The number of nitrogens with zero attached hydrogens (tertiary/aromatic N) is 3. The second kappa shape index (κ2) is 7.66. The van der Waals surface area contributed by atoms with Gasteiger partial charge < -0.3 is 16.2 Å². The summed E-state index contributed by atoms with van der Waals surface area (Å²) in [5.41, 5.74) is 12.6. The summed E-state index contributed by atoms with van der Waals surface area (Å²) >= 11 is 12.5. The van der Waals surface area contributed by atoms with Crippen molar-refractivity contribution in [3.05, 3.63) is 63.4 Å². The number of nitriles is 1. The first-order valence-electron chi connectivity index (χ1n) is 7.58. The summed E-state index contributed by atoms with van der Waals surface area (Å²) in [6.07, 6.45) is 0. The third-order valence-corrected chi connectivity index (χ3v) is 4.16. The number of hydrogen-bond acceptors (Lipinski definition) is 6. The molecule has 0 saturated heterocycles. The number of anilines is 2. The normalized spacial score (nSPS) is 10.4. The van der Waals surface area contributed by atoms with Crippen LogP contribution in [0.4, 0.5) is 16.2 Å². The molecule has 0 aliphatic carbocycles. The van der Waals surface area contributed by atoms with Gasteiger partial charge in [-0.15, -0.1) is 0 Å². The third-order valence-electron chi connectivity index (χ3n) is 3.65. The number of rotatable bonds is 4. The number of nitrogen functional groups attached to an aromatic ring is 2. The van der Waals surface area contributed by atoms with Gasteiger partial charge in [0.2, 0.25) is 5.95 Å². The third kappa shape index (κ3) is 4.03. The van der Waals surface area contributed by atoms with Crippen molar-refractivity contribution >= 4 is 35.0 Å². The van der Waals surface area contributed by atoms with Crippen LogP contribution in [0.3, 0.4) is 0 Å². The topological polar surface area (TPSA) is 111 Å². The van der Waals surface area contributed by atoms with Crippen LogP contribution in [0.15, 0.2) is 36.4 Å². The van der Waals surface area contributed by atoms with Crippen LogP contribution in [0, 0.1) is 17.1 Å². The van der Waals surface area contributed by atoms with E-state index in [1.807, 2.05) is 6.07 Å². The molecule has 1 aromatic heterocycles. The average Bonchev–Trinajstić information content (AvgIpc) is 2.60. The van der Waals surface area contributed by atoms with Crippen LogP contribution >= 0.6 is 23.2 Å². The van der Waals surface area contributed by atoms with Gasteiger partial charge in [0.15, 0.2) is 0 Å². The Morgan fingerprint density at radius 2 is 1.81 bits per heavy atom. The lowest BCUT2D eigenvalue weighted by molar-refractivity contribution is 0.306. The lowest BCUT2D eigenvalue weighted by atomic mass is 10.0. The van der Waals surface area contributed by atoms with E-state index in [-0.39, 0.29) is 40.5 Å². The van der Waals surface area contributed by atoms with E-state index in [2.05, 4.69) is 9.97 Å². The van der Waals surface area contributed by atoms with E-state index in [1.54, 1.807) is 6.07 Å². The second-order valence-corrected chi connectivity index (χ2v) is 6.31. The summed E-state index contributed by atoms with van der Waals surface area (Å²) in [7, 11) is 0. The summed E-state index contributed by atoms with van der Waals surface area (Å²) in [6.45, 7) is 0.0376. The molecule has 0 radical (unpaired) electrons. The Bertz CT molecular complexity index is 1050. The molecule has 3 aromatic rings. The van der Waals surface area contributed by atoms with Gasteiger partial charge in [0.1, 0.15) is 35.6 Å². The molecule has 1 heterocycles. The first-order chi connectivity index (χ1) is 12.9. The molecule has 9 heteroatoms. The van der Waals surface area contributed by atoms with Crippen LogP contribution in [0.1, 0.15) is 11.1 Å². The Morgan fingerprint density at radius 3 is 2.48 bits per heavy atom. The van der Waals surface area contributed by atoms with Crippen LogP contribution in [-0.4, -0.2) is 9.97 Å². The number of aromatic nitrogens is 2. The lowest BCUT2D eigenvalue weighted by Crippen LogP contribution is -2.07. The summed E-state index contributed by atoms with van der Waals surface area (Å²) < 4.78 is 18.7. The SMILES string of the molecule is N#Cc1c(N)nc(N)nc1-c1c(Cl)cc(Cl)cc1COc1ccc(F)cc1. The predicted octanol–water partition coefficient (Wildman–Crippen LogP) is 4.20. The predicted molar refractivity (Wildman–Crippen MR) is 102 cm³/mol. The number of ether oxygens (including phenoxy) is 1. The highest BCUT2D eigenvalue weighted by molar-refractivity contribution is 6.36. The molecule has 136 valence electrons. The fourth-order valence-electron chi connectivity index (χ4n) is 2.49. The molecule has 6 nitrogen and oxygen atoms in total. The number of benzene rings is 2. The van der Waals surface area contributed by atoms with Crippen LogP contribution in [-0.2, 0) is 6.61 Å². The van der Waals surface area contributed by atoms with Gasteiger partial charge in [-0.2, -0.15) is 10.2 Å². The summed E-state index contributed by atoms with van der Waals surface area (Å²) in [4.78, 5) is 7.92. The molecule has 0 aliphatic heterocycles. The van der Waals surface area contributed by atoms with E-state index in [1.165, 1.54) is 30.3 Å². The van der Waals surface area contributed by atoms with Gasteiger partial charge in [0.25, 0.3) is 0 Å². The van der Waals surface area contributed by atoms with Crippen LogP contribution in [0.2, 0.25) is 10.0 Å². The Labute approximate surface area is 164 Å². The minimum absolute atomic E-state index is 0.0376. The molecule has 2 aromatic carbocycles. The van der Waals surface area contributed by atoms with Gasteiger partial charge in [0, 0.05) is 16.1 Å². The summed E-state index contributed by atoms with van der Waals surface area (Å²) in [5, 5.41) is 10.0. The molecule has 0 bridgehead atoms. The van der Waals surface area contributed by atoms with Gasteiger partial charge in [-0.3, -0.25) is 0 Å². The van der Waals surface area contributed by atoms with Crippen LogP contribution < -0.4 is 16.2 Å². The van der Waals surface area contributed by atoms with Gasteiger partial charge >= 0.3 is 0 Å². The molecule has 0 saturated carbocycles. The van der Waals surface area contributed by atoms with Crippen molar-refractivity contribution in [1.82, 2.24) is 9.97 Å². The van der Waals surface area contributed by atoms with Crippen LogP contribution in [0.5, 0.6) is 5.75 Å². The molecule has 0 unspecified atom stereocenters. The Morgan fingerprint density at radius 1 is 1.11 bits per heavy atom. The van der Waals surface area contributed by atoms with Crippen molar-refractivity contribution in [2.24, 2.45) is 0 Å². The second-order valence-electron chi connectivity index (χ2n) is 5.47. The van der Waals surface area contributed by atoms with Gasteiger partial charge in [-0.25, -0.2) is 9.37 Å². The fourth-order valence-corrected chi connectivity index (χ4v) is 3.11. The zero-order chi connectivity index (χ0) is 19.6. The molecule has 0 aliphatic rings. The van der Waals surface area contributed by atoms with Crippen molar-refractivity contribution < 1.29 is 9.13 Å². The quantitative estimate of drug-likeness (QED) is 0.674. The van der Waals surface area contributed by atoms with Gasteiger partial charge in [-0.1, -0.05) is 23.2 Å². The minimum Gasteiger partial charge on any atom is -0.489 e. The zero-order valence-electron chi connectivity index (χ0n) is 13.7. The Hall–Kier alpha value is -3.08. The van der Waals surface area contributed by atoms with E-state index in [4.69, 9.17) is 39.4 Å². The molecule has 0 amide bonds. The van der Waals surface area contributed by atoms with Crippen molar-refractivity contribution in [3.63, 3.8) is 0 Å². The van der Waals surface area contributed by atoms with E-state index in [0.717, 1.165) is 0 Å². The zero-order valence-corrected chi connectivity index (χ0v) is 15.2. The number of nitrogens with two attached hydrogens (primary N) is 2. The molecule has 4 N–H and O–H groups in total. The summed E-state index contributed by atoms with van der Waals surface area (Å²) in [6, 6.07) is 10.6. The first-order valence-corrected chi connectivity index (χ1v) is 8.34. The van der Waals surface area contributed by atoms with Crippen molar-refractivity contribution in [2.75, 3.05) is 11.5 Å². The molecular formula is C18H12Cl2FN5O. The molecular weight excluding hydrogens is 392 g/mol. The maximum absolute atomic E-state index is 13.0. The van der Waals surface area contributed by atoms with Crippen molar-refractivity contribution in [2.45, 2.75) is 6.61 Å².